The van der Waals surface area contributed by atoms with Gasteiger partial charge in [-0.3, -0.25) is 4.79 Å². The molecule has 0 spiro atoms. The molecule has 2 aromatic rings. The van der Waals surface area contributed by atoms with Crippen LogP contribution < -0.4 is 4.74 Å². The maximum absolute atomic E-state index is 12.5. The minimum atomic E-state index is -0.538. The Morgan fingerprint density at radius 2 is 2.13 bits per heavy atom. The third-order valence-electron chi connectivity index (χ3n) is 4.20. The van der Waals surface area contributed by atoms with Crippen LogP contribution in [0, 0.1) is 13.8 Å². The number of benzene rings is 1. The van der Waals surface area contributed by atoms with E-state index >= 15 is 0 Å². The molecule has 5 heteroatoms. The van der Waals surface area contributed by atoms with Gasteiger partial charge in [0.2, 0.25) is 5.88 Å². The third kappa shape index (κ3) is 3.01. The standard InChI is InChI=1S/C18H22N2O3/c1-11-7-12(2)15-9-14-10-20(5-6-22-4)18(21)13(3)23-17(14)19-16(15)8-11/h7-9,13H,5-6,10H2,1-4H3. The zero-order valence-electron chi connectivity index (χ0n) is 14.0. The van der Waals surface area contributed by atoms with E-state index in [4.69, 9.17) is 9.47 Å². The highest BCUT2D eigenvalue weighted by Gasteiger charge is 2.28. The van der Waals surface area contributed by atoms with Crippen LogP contribution in [0.5, 0.6) is 5.88 Å². The first-order chi connectivity index (χ1) is 11.0. The fraction of sp³-hybridized carbons (Fsp3) is 0.444. The molecule has 2 heterocycles. The average Bonchev–Trinajstić information content (AvgIpc) is 2.61. The average molecular weight is 314 g/mol. The van der Waals surface area contributed by atoms with Gasteiger partial charge in [0.05, 0.1) is 18.7 Å². The summed E-state index contributed by atoms with van der Waals surface area (Å²) in [5.41, 5.74) is 4.20. The van der Waals surface area contributed by atoms with E-state index in [1.165, 1.54) is 11.1 Å². The molecule has 0 N–H and O–H groups in total. The van der Waals surface area contributed by atoms with Gasteiger partial charge in [-0.2, -0.15) is 0 Å². The molecule has 0 radical (unpaired) electrons. The molecule has 1 atom stereocenters. The van der Waals surface area contributed by atoms with Crippen molar-refractivity contribution in [2.75, 3.05) is 20.3 Å². The van der Waals surface area contributed by atoms with E-state index in [2.05, 4.69) is 31.0 Å². The van der Waals surface area contributed by atoms with Gasteiger partial charge in [0.1, 0.15) is 0 Å². The van der Waals surface area contributed by atoms with Crippen LogP contribution in [0.3, 0.4) is 0 Å². The predicted molar refractivity (Wildman–Crippen MR) is 88.6 cm³/mol. The van der Waals surface area contributed by atoms with Crippen LogP contribution in [0.15, 0.2) is 18.2 Å². The van der Waals surface area contributed by atoms with E-state index in [1.54, 1.807) is 18.9 Å². The highest BCUT2D eigenvalue weighted by Crippen LogP contribution is 2.29. The molecule has 0 bridgehead atoms. The Hall–Kier alpha value is -2.14. The summed E-state index contributed by atoms with van der Waals surface area (Å²) >= 11 is 0. The molecule has 1 unspecified atom stereocenters. The molecule has 1 aromatic heterocycles. The second kappa shape index (κ2) is 6.16. The fourth-order valence-corrected chi connectivity index (χ4v) is 3.02. The fourth-order valence-electron chi connectivity index (χ4n) is 3.02. The molecule has 0 aliphatic carbocycles. The summed E-state index contributed by atoms with van der Waals surface area (Å²) < 4.78 is 10.9. The second-order valence-corrected chi connectivity index (χ2v) is 6.11. The number of aryl methyl sites for hydroxylation is 2. The first kappa shape index (κ1) is 15.7. The summed E-state index contributed by atoms with van der Waals surface area (Å²) in [5.74, 6) is 0.528. The van der Waals surface area contributed by atoms with Crippen molar-refractivity contribution >= 4 is 16.8 Å². The number of nitrogens with zero attached hydrogens (tertiary/aromatic N) is 2. The number of carbonyl (C=O) groups is 1. The van der Waals surface area contributed by atoms with Crippen LogP contribution in [-0.4, -0.2) is 42.2 Å². The highest BCUT2D eigenvalue weighted by atomic mass is 16.5. The molecule has 1 aliphatic heterocycles. The summed E-state index contributed by atoms with van der Waals surface area (Å²) in [5, 5.41) is 1.10. The third-order valence-corrected chi connectivity index (χ3v) is 4.20. The van der Waals surface area contributed by atoms with Crippen molar-refractivity contribution < 1.29 is 14.3 Å². The summed E-state index contributed by atoms with van der Waals surface area (Å²) in [4.78, 5) is 18.9. The van der Waals surface area contributed by atoms with Crippen LogP contribution in [0.1, 0.15) is 23.6 Å². The van der Waals surface area contributed by atoms with Gasteiger partial charge in [0, 0.05) is 24.6 Å². The zero-order valence-corrected chi connectivity index (χ0v) is 14.0. The van der Waals surface area contributed by atoms with E-state index in [0.717, 1.165) is 16.5 Å². The van der Waals surface area contributed by atoms with Crippen molar-refractivity contribution in [2.45, 2.75) is 33.4 Å². The van der Waals surface area contributed by atoms with Crippen LogP contribution in [0.2, 0.25) is 0 Å². The molecular weight excluding hydrogens is 292 g/mol. The molecule has 1 amide bonds. The number of rotatable bonds is 3. The maximum atomic E-state index is 12.5. The molecule has 5 nitrogen and oxygen atoms in total. The normalized spacial score (nSPS) is 17.8. The zero-order chi connectivity index (χ0) is 16.6. The topological polar surface area (TPSA) is 51.7 Å². The monoisotopic (exact) mass is 314 g/mol. The molecule has 0 fully saturated rings. The quantitative estimate of drug-likeness (QED) is 0.874. The molecule has 1 aromatic carbocycles. The number of hydrogen-bond acceptors (Lipinski definition) is 4. The Balaban J connectivity index is 2.07. The predicted octanol–water partition coefficient (Wildman–Crippen LogP) is 2.61. The Morgan fingerprint density at radius 1 is 1.35 bits per heavy atom. The van der Waals surface area contributed by atoms with Gasteiger partial charge in [0.25, 0.3) is 5.91 Å². The van der Waals surface area contributed by atoms with E-state index in [0.29, 0.717) is 25.6 Å². The smallest absolute Gasteiger partial charge is 0.263 e. The first-order valence-electron chi connectivity index (χ1n) is 7.85. The van der Waals surface area contributed by atoms with Crippen molar-refractivity contribution in [2.24, 2.45) is 0 Å². The SMILES string of the molecule is COCCN1Cc2cc3c(C)cc(C)cc3nc2OC(C)C1=O. The van der Waals surface area contributed by atoms with Gasteiger partial charge in [-0.25, -0.2) is 4.98 Å². The molecule has 0 saturated carbocycles. The number of hydrogen-bond donors (Lipinski definition) is 0. The highest BCUT2D eigenvalue weighted by molar-refractivity contribution is 5.86. The number of fused-ring (bicyclic) bond motifs is 2. The lowest BCUT2D eigenvalue weighted by molar-refractivity contribution is -0.138. The minimum Gasteiger partial charge on any atom is -0.464 e. The van der Waals surface area contributed by atoms with Gasteiger partial charge in [-0.1, -0.05) is 6.07 Å². The molecule has 0 saturated heterocycles. The van der Waals surface area contributed by atoms with Crippen molar-refractivity contribution in [3.8, 4) is 5.88 Å². The van der Waals surface area contributed by atoms with Crippen molar-refractivity contribution in [3.05, 3.63) is 34.9 Å². The molecule has 3 rings (SSSR count). The summed E-state index contributed by atoms with van der Waals surface area (Å²) in [6.45, 7) is 7.46. The Morgan fingerprint density at radius 3 is 2.87 bits per heavy atom. The van der Waals surface area contributed by atoms with Crippen molar-refractivity contribution in [3.63, 3.8) is 0 Å². The number of ether oxygens (including phenoxy) is 2. The van der Waals surface area contributed by atoms with E-state index in [9.17, 15) is 4.79 Å². The molecule has 23 heavy (non-hydrogen) atoms. The second-order valence-electron chi connectivity index (χ2n) is 6.11. The van der Waals surface area contributed by atoms with E-state index in [1.807, 2.05) is 6.07 Å². The van der Waals surface area contributed by atoms with Crippen LogP contribution in [-0.2, 0) is 16.1 Å². The number of aromatic nitrogens is 1. The van der Waals surface area contributed by atoms with Crippen LogP contribution >= 0.6 is 0 Å². The van der Waals surface area contributed by atoms with Crippen LogP contribution in [0.4, 0.5) is 0 Å². The Labute approximate surface area is 136 Å². The van der Waals surface area contributed by atoms with Gasteiger partial charge >= 0.3 is 0 Å². The lowest BCUT2D eigenvalue weighted by Crippen LogP contribution is -2.39. The van der Waals surface area contributed by atoms with Gasteiger partial charge in [-0.15, -0.1) is 0 Å². The maximum Gasteiger partial charge on any atom is 0.263 e. The Bertz CT molecular complexity index is 758. The first-order valence-corrected chi connectivity index (χ1v) is 7.85. The molecule has 122 valence electrons. The van der Waals surface area contributed by atoms with E-state index < -0.39 is 6.10 Å². The minimum absolute atomic E-state index is 0.0305. The number of pyridine rings is 1. The molecular formula is C18H22N2O3. The summed E-state index contributed by atoms with van der Waals surface area (Å²) in [7, 11) is 1.64. The lowest BCUT2D eigenvalue weighted by atomic mass is 10.0. The van der Waals surface area contributed by atoms with Gasteiger partial charge in [-0.05, 0) is 44.0 Å². The summed E-state index contributed by atoms with van der Waals surface area (Å²) in [6.07, 6.45) is -0.538. The summed E-state index contributed by atoms with van der Waals surface area (Å²) in [6, 6.07) is 6.29. The van der Waals surface area contributed by atoms with Gasteiger partial charge in [0.15, 0.2) is 6.10 Å². The Kier molecular flexibility index (Phi) is 4.22. The number of methoxy groups -OCH3 is 1. The van der Waals surface area contributed by atoms with E-state index in [-0.39, 0.29) is 5.91 Å². The van der Waals surface area contributed by atoms with Crippen molar-refractivity contribution in [1.29, 1.82) is 0 Å². The molecule has 1 aliphatic rings. The van der Waals surface area contributed by atoms with Crippen molar-refractivity contribution in [1.82, 2.24) is 9.88 Å². The number of amides is 1. The van der Waals surface area contributed by atoms with Crippen LogP contribution in [0.25, 0.3) is 10.9 Å². The largest absolute Gasteiger partial charge is 0.464 e. The number of carbonyl (C=O) groups excluding carboxylic acids is 1. The lowest BCUT2D eigenvalue weighted by Gasteiger charge is -2.21. The van der Waals surface area contributed by atoms with Gasteiger partial charge < -0.3 is 14.4 Å².